The molecule has 0 aliphatic carbocycles. The van der Waals surface area contributed by atoms with Crippen molar-refractivity contribution in [3.05, 3.63) is 59.9 Å². The fraction of sp³-hybridized carbons (Fsp3) is 0.308. The molecular formula is C26H32N6. The largest absolute Gasteiger partial charge is 0.399 e. The van der Waals surface area contributed by atoms with Crippen LogP contribution in [0.25, 0.3) is 21.8 Å². The Labute approximate surface area is 189 Å². The van der Waals surface area contributed by atoms with Crippen LogP contribution in [0.2, 0.25) is 0 Å². The molecule has 6 nitrogen and oxygen atoms in total. The van der Waals surface area contributed by atoms with Crippen LogP contribution in [0.5, 0.6) is 0 Å². The molecule has 32 heavy (non-hydrogen) atoms. The Kier molecular flexibility index (Phi) is 6.59. The molecule has 6 heteroatoms. The van der Waals surface area contributed by atoms with Crippen molar-refractivity contribution in [1.82, 2.24) is 9.97 Å². The summed E-state index contributed by atoms with van der Waals surface area (Å²) < 4.78 is 0. The lowest BCUT2D eigenvalue weighted by atomic mass is 10.1. The number of hydrogen-bond donors (Lipinski definition) is 4. The number of hydrogen-bond acceptors (Lipinski definition) is 6. The third-order valence-corrected chi connectivity index (χ3v) is 5.66. The van der Waals surface area contributed by atoms with E-state index in [1.807, 2.05) is 50.2 Å². The number of unbranched alkanes of at least 4 members (excludes halogenated alkanes) is 3. The molecule has 0 aliphatic rings. The Morgan fingerprint density at radius 3 is 1.50 bits per heavy atom. The Bertz CT molecular complexity index is 1130. The number of nitrogen functional groups attached to an aromatic ring is 2. The highest BCUT2D eigenvalue weighted by Crippen LogP contribution is 2.26. The van der Waals surface area contributed by atoms with Crippen LogP contribution in [0.3, 0.4) is 0 Å². The van der Waals surface area contributed by atoms with Gasteiger partial charge < -0.3 is 22.1 Å². The predicted octanol–water partition coefficient (Wildman–Crippen LogP) is 5.65. The van der Waals surface area contributed by atoms with Crippen molar-refractivity contribution in [2.75, 3.05) is 35.2 Å². The standard InChI is InChI=1S/C26H32N6/c1-17-13-23(21-9-7-19(27)15-25(21)31-17)29-11-5-3-4-6-12-30-24-14-18(2)32-26-16-20(28)8-10-22(24)26/h7-10,13-16H,3-6,11-12,27-28H2,1-2H3,(H,29,31)(H,30,32). The van der Waals surface area contributed by atoms with Gasteiger partial charge in [-0.2, -0.15) is 0 Å². The monoisotopic (exact) mass is 428 g/mol. The molecule has 0 unspecified atom stereocenters. The number of nitrogens with two attached hydrogens (primary N) is 2. The molecule has 0 atom stereocenters. The van der Waals surface area contributed by atoms with E-state index in [0.717, 1.165) is 81.9 Å². The van der Waals surface area contributed by atoms with E-state index in [1.165, 1.54) is 12.8 Å². The molecule has 0 radical (unpaired) electrons. The molecule has 2 aromatic carbocycles. The lowest BCUT2D eigenvalue weighted by molar-refractivity contribution is 0.671. The van der Waals surface area contributed by atoms with Crippen molar-refractivity contribution in [2.24, 2.45) is 0 Å². The van der Waals surface area contributed by atoms with Gasteiger partial charge in [0.15, 0.2) is 0 Å². The van der Waals surface area contributed by atoms with Crippen molar-refractivity contribution in [1.29, 1.82) is 0 Å². The number of aryl methyl sites for hydroxylation is 2. The van der Waals surface area contributed by atoms with Gasteiger partial charge in [0, 0.05) is 58.0 Å². The van der Waals surface area contributed by atoms with E-state index < -0.39 is 0 Å². The quantitative estimate of drug-likeness (QED) is 0.203. The van der Waals surface area contributed by atoms with Crippen molar-refractivity contribution in [3.8, 4) is 0 Å². The molecular weight excluding hydrogens is 396 g/mol. The topological polar surface area (TPSA) is 102 Å². The van der Waals surface area contributed by atoms with Crippen LogP contribution < -0.4 is 22.1 Å². The van der Waals surface area contributed by atoms with E-state index in [4.69, 9.17) is 11.5 Å². The van der Waals surface area contributed by atoms with Crippen LogP contribution in [0.15, 0.2) is 48.5 Å². The van der Waals surface area contributed by atoms with E-state index in [1.54, 1.807) is 0 Å². The Balaban J connectivity index is 1.22. The molecule has 2 heterocycles. The number of nitrogens with zero attached hydrogens (tertiary/aromatic N) is 2. The molecule has 6 N–H and O–H groups in total. The third kappa shape index (κ3) is 5.19. The van der Waals surface area contributed by atoms with E-state index in [9.17, 15) is 0 Å². The van der Waals surface area contributed by atoms with Crippen LogP contribution in [0.4, 0.5) is 22.7 Å². The van der Waals surface area contributed by atoms with Crippen LogP contribution in [-0.4, -0.2) is 23.1 Å². The predicted molar refractivity (Wildman–Crippen MR) is 137 cm³/mol. The smallest absolute Gasteiger partial charge is 0.0746 e. The lowest BCUT2D eigenvalue weighted by Gasteiger charge is -2.12. The highest BCUT2D eigenvalue weighted by Gasteiger charge is 2.06. The molecule has 166 valence electrons. The highest BCUT2D eigenvalue weighted by atomic mass is 14.9. The number of fused-ring (bicyclic) bond motifs is 2. The van der Waals surface area contributed by atoms with Gasteiger partial charge in [-0.15, -0.1) is 0 Å². The summed E-state index contributed by atoms with van der Waals surface area (Å²) in [7, 11) is 0. The summed E-state index contributed by atoms with van der Waals surface area (Å²) in [5.74, 6) is 0. The maximum atomic E-state index is 5.91. The summed E-state index contributed by atoms with van der Waals surface area (Å²) in [5.41, 5.74) is 19.5. The van der Waals surface area contributed by atoms with E-state index >= 15 is 0 Å². The second kappa shape index (κ2) is 9.73. The SMILES string of the molecule is Cc1cc(NCCCCCCNc2cc(C)nc3cc(N)ccc23)c2ccc(N)cc2n1. The van der Waals surface area contributed by atoms with Gasteiger partial charge in [-0.1, -0.05) is 12.8 Å². The minimum atomic E-state index is 0.745. The zero-order chi connectivity index (χ0) is 22.5. The van der Waals surface area contributed by atoms with Crippen LogP contribution >= 0.6 is 0 Å². The molecule has 0 spiro atoms. The summed E-state index contributed by atoms with van der Waals surface area (Å²) in [5, 5.41) is 9.41. The van der Waals surface area contributed by atoms with Crippen LogP contribution in [-0.2, 0) is 0 Å². The van der Waals surface area contributed by atoms with Crippen molar-refractivity contribution >= 4 is 44.6 Å². The van der Waals surface area contributed by atoms with E-state index in [-0.39, 0.29) is 0 Å². The molecule has 0 saturated carbocycles. The van der Waals surface area contributed by atoms with Crippen molar-refractivity contribution in [2.45, 2.75) is 39.5 Å². The molecule has 2 aromatic heterocycles. The minimum Gasteiger partial charge on any atom is -0.399 e. The van der Waals surface area contributed by atoms with Gasteiger partial charge in [0.1, 0.15) is 0 Å². The second-order valence-electron chi connectivity index (χ2n) is 8.44. The zero-order valence-electron chi connectivity index (χ0n) is 18.9. The molecule has 0 saturated heterocycles. The van der Waals surface area contributed by atoms with Crippen LogP contribution in [0, 0.1) is 13.8 Å². The number of aromatic nitrogens is 2. The summed E-state index contributed by atoms with van der Waals surface area (Å²) in [6, 6.07) is 16.0. The number of benzene rings is 2. The summed E-state index contributed by atoms with van der Waals surface area (Å²) in [6.45, 7) is 5.93. The zero-order valence-corrected chi connectivity index (χ0v) is 18.9. The number of nitrogens with one attached hydrogen (secondary N) is 2. The third-order valence-electron chi connectivity index (χ3n) is 5.66. The first-order valence-corrected chi connectivity index (χ1v) is 11.3. The normalized spacial score (nSPS) is 11.2. The van der Waals surface area contributed by atoms with Gasteiger partial charge >= 0.3 is 0 Å². The molecule has 0 bridgehead atoms. The lowest BCUT2D eigenvalue weighted by Crippen LogP contribution is -2.05. The van der Waals surface area contributed by atoms with E-state index in [2.05, 4.69) is 32.7 Å². The first kappa shape index (κ1) is 21.7. The fourth-order valence-electron chi connectivity index (χ4n) is 4.10. The van der Waals surface area contributed by atoms with Crippen LogP contribution in [0.1, 0.15) is 37.1 Å². The number of anilines is 4. The summed E-state index contributed by atoms with van der Waals surface area (Å²) in [4.78, 5) is 9.18. The molecule has 4 rings (SSSR count). The molecule has 4 aromatic rings. The summed E-state index contributed by atoms with van der Waals surface area (Å²) in [6.07, 6.45) is 4.65. The second-order valence-corrected chi connectivity index (χ2v) is 8.44. The van der Waals surface area contributed by atoms with Gasteiger partial charge in [-0.3, -0.25) is 9.97 Å². The van der Waals surface area contributed by atoms with E-state index in [0.29, 0.717) is 0 Å². The molecule has 0 aliphatic heterocycles. The average molecular weight is 429 g/mol. The Hall–Kier alpha value is -3.54. The first-order chi connectivity index (χ1) is 15.5. The number of rotatable bonds is 9. The Morgan fingerprint density at radius 2 is 1.06 bits per heavy atom. The first-order valence-electron chi connectivity index (χ1n) is 11.3. The van der Waals surface area contributed by atoms with Gasteiger partial charge in [0.2, 0.25) is 0 Å². The Morgan fingerprint density at radius 1 is 0.625 bits per heavy atom. The fourth-order valence-corrected chi connectivity index (χ4v) is 4.10. The summed E-state index contributed by atoms with van der Waals surface area (Å²) >= 11 is 0. The molecule has 0 amide bonds. The number of pyridine rings is 2. The maximum Gasteiger partial charge on any atom is 0.0746 e. The van der Waals surface area contributed by atoms with Gasteiger partial charge in [0.05, 0.1) is 11.0 Å². The molecule has 0 fully saturated rings. The maximum absolute atomic E-state index is 5.91. The highest BCUT2D eigenvalue weighted by molar-refractivity contribution is 5.94. The average Bonchev–Trinajstić information content (AvgIpc) is 2.74. The van der Waals surface area contributed by atoms with Gasteiger partial charge in [-0.25, -0.2) is 0 Å². The van der Waals surface area contributed by atoms with Gasteiger partial charge in [-0.05, 0) is 75.2 Å². The van der Waals surface area contributed by atoms with Crippen molar-refractivity contribution in [3.63, 3.8) is 0 Å². The minimum absolute atomic E-state index is 0.745. The van der Waals surface area contributed by atoms with Gasteiger partial charge in [0.25, 0.3) is 0 Å². The van der Waals surface area contributed by atoms with Crippen molar-refractivity contribution < 1.29 is 0 Å².